The van der Waals surface area contributed by atoms with Crippen molar-refractivity contribution in [2.75, 3.05) is 10.6 Å². The van der Waals surface area contributed by atoms with Crippen molar-refractivity contribution in [1.82, 2.24) is 15.0 Å². The van der Waals surface area contributed by atoms with Crippen LogP contribution in [0.1, 0.15) is 11.4 Å². The predicted octanol–water partition coefficient (Wildman–Crippen LogP) is 2.60. The average molecular weight is 409 g/mol. The number of amides is 2. The van der Waals surface area contributed by atoms with E-state index in [1.807, 2.05) is 0 Å². The number of anilines is 3. The summed E-state index contributed by atoms with van der Waals surface area (Å²) in [4.78, 5) is 35.6. The van der Waals surface area contributed by atoms with E-state index in [1.54, 1.807) is 22.9 Å². The molecular weight excluding hydrogens is 396 g/mol. The van der Waals surface area contributed by atoms with E-state index in [0.29, 0.717) is 32.5 Å². The van der Waals surface area contributed by atoms with Crippen molar-refractivity contribution in [2.45, 2.75) is 12.8 Å². The van der Waals surface area contributed by atoms with E-state index >= 15 is 0 Å². The van der Waals surface area contributed by atoms with Crippen LogP contribution in [0.5, 0.6) is 0 Å². The minimum atomic E-state index is -0.467. The van der Waals surface area contributed by atoms with Gasteiger partial charge in [-0.1, -0.05) is 11.6 Å². The van der Waals surface area contributed by atoms with Crippen LogP contribution in [0.2, 0.25) is 5.02 Å². The number of halogens is 1. The van der Waals surface area contributed by atoms with Gasteiger partial charge in [0.1, 0.15) is 5.82 Å². The standard InChI is InChI=1S/C15H13ClN6O2S2/c16-8-1-2-12(18-5-8)21-14-20-10(7-25-14)4-13(24)22-15-19-9(6-26-15)3-11(17)23/h1-2,5-7H,3-4H2,(H2,17,23)(H,18,20,21)(H,19,22,24). The Hall–Kier alpha value is -2.56. The first-order chi connectivity index (χ1) is 12.5. The van der Waals surface area contributed by atoms with Crippen LogP contribution in [0, 0.1) is 0 Å². The SMILES string of the molecule is NC(=O)Cc1csc(NC(=O)Cc2csc(Nc3ccc(Cl)cn3)n2)n1. The Morgan fingerprint density at radius 1 is 1.08 bits per heavy atom. The van der Waals surface area contributed by atoms with Gasteiger partial charge in [0.2, 0.25) is 11.8 Å². The minimum Gasteiger partial charge on any atom is -0.369 e. The first-order valence-electron chi connectivity index (χ1n) is 7.33. The molecule has 0 aliphatic rings. The van der Waals surface area contributed by atoms with Crippen molar-refractivity contribution in [3.05, 3.63) is 45.5 Å². The van der Waals surface area contributed by atoms with Crippen molar-refractivity contribution in [1.29, 1.82) is 0 Å². The van der Waals surface area contributed by atoms with Crippen LogP contribution in [-0.2, 0) is 22.4 Å². The lowest BCUT2D eigenvalue weighted by molar-refractivity contribution is -0.117. The third kappa shape index (κ3) is 5.22. The Balaban J connectivity index is 1.54. The van der Waals surface area contributed by atoms with Gasteiger partial charge in [0.25, 0.3) is 0 Å². The predicted molar refractivity (Wildman–Crippen MR) is 102 cm³/mol. The molecule has 0 aliphatic heterocycles. The molecule has 11 heteroatoms. The molecule has 3 aromatic rings. The third-order valence-electron chi connectivity index (χ3n) is 3.01. The van der Waals surface area contributed by atoms with Crippen molar-refractivity contribution in [2.24, 2.45) is 5.73 Å². The van der Waals surface area contributed by atoms with Gasteiger partial charge in [-0.15, -0.1) is 22.7 Å². The van der Waals surface area contributed by atoms with Gasteiger partial charge in [-0.3, -0.25) is 9.59 Å². The highest BCUT2D eigenvalue weighted by molar-refractivity contribution is 7.14. The van der Waals surface area contributed by atoms with Crippen molar-refractivity contribution in [3.8, 4) is 0 Å². The van der Waals surface area contributed by atoms with Crippen LogP contribution in [0.3, 0.4) is 0 Å². The Labute approximate surface area is 161 Å². The van der Waals surface area contributed by atoms with Gasteiger partial charge in [-0.05, 0) is 12.1 Å². The number of hydrogen-bond donors (Lipinski definition) is 3. The molecule has 4 N–H and O–H groups in total. The van der Waals surface area contributed by atoms with Gasteiger partial charge in [0, 0.05) is 17.0 Å². The quantitative estimate of drug-likeness (QED) is 0.552. The number of carbonyl (C=O) groups is 2. The number of nitrogens with zero attached hydrogens (tertiary/aromatic N) is 3. The first kappa shape index (κ1) is 18.2. The van der Waals surface area contributed by atoms with Crippen molar-refractivity contribution < 1.29 is 9.59 Å². The van der Waals surface area contributed by atoms with Gasteiger partial charge in [0.05, 0.1) is 29.3 Å². The summed E-state index contributed by atoms with van der Waals surface area (Å²) in [5, 5.41) is 10.8. The molecule has 0 saturated heterocycles. The maximum Gasteiger partial charge on any atom is 0.232 e. The summed E-state index contributed by atoms with van der Waals surface area (Å²) in [5.41, 5.74) is 6.27. The Morgan fingerprint density at radius 3 is 2.46 bits per heavy atom. The summed E-state index contributed by atoms with van der Waals surface area (Å²) in [6, 6.07) is 3.46. The van der Waals surface area contributed by atoms with Crippen LogP contribution in [0.25, 0.3) is 0 Å². The highest BCUT2D eigenvalue weighted by atomic mass is 35.5. The lowest BCUT2D eigenvalue weighted by atomic mass is 10.3. The summed E-state index contributed by atoms with van der Waals surface area (Å²) in [6.45, 7) is 0. The van der Waals surface area contributed by atoms with Crippen molar-refractivity contribution >= 4 is 62.2 Å². The molecule has 3 heterocycles. The van der Waals surface area contributed by atoms with Gasteiger partial charge in [0.15, 0.2) is 10.3 Å². The highest BCUT2D eigenvalue weighted by Crippen LogP contribution is 2.21. The molecule has 0 unspecified atom stereocenters. The molecule has 8 nitrogen and oxygen atoms in total. The zero-order valence-corrected chi connectivity index (χ0v) is 15.6. The highest BCUT2D eigenvalue weighted by Gasteiger charge is 2.11. The van der Waals surface area contributed by atoms with E-state index in [0.717, 1.165) is 0 Å². The Bertz CT molecular complexity index is 924. The van der Waals surface area contributed by atoms with E-state index in [2.05, 4.69) is 25.6 Å². The third-order valence-corrected chi connectivity index (χ3v) is 4.85. The fourth-order valence-electron chi connectivity index (χ4n) is 1.96. The lowest BCUT2D eigenvalue weighted by Crippen LogP contribution is -2.15. The van der Waals surface area contributed by atoms with Crippen LogP contribution < -0.4 is 16.4 Å². The number of carbonyl (C=O) groups excluding carboxylic acids is 2. The number of hydrogen-bond acceptors (Lipinski definition) is 8. The lowest BCUT2D eigenvalue weighted by Gasteiger charge is -2.01. The van der Waals surface area contributed by atoms with Crippen molar-refractivity contribution in [3.63, 3.8) is 0 Å². The summed E-state index contributed by atoms with van der Waals surface area (Å²) in [7, 11) is 0. The van der Waals surface area contributed by atoms with E-state index in [1.165, 1.54) is 28.9 Å². The fraction of sp³-hybridized carbons (Fsp3) is 0.133. The second-order valence-corrected chi connectivity index (χ2v) is 7.30. The summed E-state index contributed by atoms with van der Waals surface area (Å²) < 4.78 is 0. The van der Waals surface area contributed by atoms with Gasteiger partial charge >= 0.3 is 0 Å². The molecule has 0 aliphatic carbocycles. The second kappa shape index (κ2) is 8.21. The monoisotopic (exact) mass is 408 g/mol. The number of pyridine rings is 1. The van der Waals surface area contributed by atoms with Crippen LogP contribution in [0.15, 0.2) is 29.1 Å². The number of primary amides is 1. The summed E-state index contributed by atoms with van der Waals surface area (Å²) in [6.07, 6.45) is 1.69. The van der Waals surface area contributed by atoms with E-state index in [4.69, 9.17) is 17.3 Å². The molecule has 0 saturated carbocycles. The maximum absolute atomic E-state index is 12.1. The van der Waals surface area contributed by atoms with Gasteiger partial charge < -0.3 is 16.4 Å². The zero-order chi connectivity index (χ0) is 18.5. The minimum absolute atomic E-state index is 0.0478. The number of thiazole rings is 2. The Morgan fingerprint density at radius 2 is 1.77 bits per heavy atom. The fourth-order valence-corrected chi connectivity index (χ4v) is 3.51. The molecule has 0 atom stereocenters. The Kier molecular flexibility index (Phi) is 5.76. The van der Waals surface area contributed by atoms with Crippen LogP contribution >= 0.6 is 34.3 Å². The second-order valence-electron chi connectivity index (χ2n) is 5.14. The molecule has 134 valence electrons. The molecule has 0 aromatic carbocycles. The summed E-state index contributed by atoms with van der Waals surface area (Å²) >= 11 is 8.40. The molecule has 0 fully saturated rings. The van der Waals surface area contributed by atoms with E-state index in [-0.39, 0.29) is 18.7 Å². The molecule has 0 bridgehead atoms. The largest absolute Gasteiger partial charge is 0.369 e. The average Bonchev–Trinajstić information content (AvgIpc) is 3.18. The van der Waals surface area contributed by atoms with E-state index in [9.17, 15) is 9.59 Å². The first-order valence-corrected chi connectivity index (χ1v) is 9.47. The molecule has 0 spiro atoms. The number of aromatic nitrogens is 3. The van der Waals surface area contributed by atoms with Crippen LogP contribution in [-0.4, -0.2) is 26.8 Å². The topological polar surface area (TPSA) is 123 Å². The van der Waals surface area contributed by atoms with Gasteiger partial charge in [-0.25, -0.2) is 15.0 Å². The van der Waals surface area contributed by atoms with E-state index < -0.39 is 5.91 Å². The number of rotatable bonds is 7. The van der Waals surface area contributed by atoms with Crippen LogP contribution in [0.4, 0.5) is 16.1 Å². The smallest absolute Gasteiger partial charge is 0.232 e. The normalized spacial score (nSPS) is 10.5. The van der Waals surface area contributed by atoms with Gasteiger partial charge in [-0.2, -0.15) is 0 Å². The molecule has 3 aromatic heterocycles. The molecule has 0 radical (unpaired) electrons. The maximum atomic E-state index is 12.1. The summed E-state index contributed by atoms with van der Waals surface area (Å²) in [5.74, 6) is -0.0955. The molecule has 26 heavy (non-hydrogen) atoms. The molecular formula is C15H13ClN6O2S2. The molecule has 3 rings (SSSR count). The number of nitrogens with one attached hydrogen (secondary N) is 2. The zero-order valence-electron chi connectivity index (χ0n) is 13.2. The number of nitrogens with two attached hydrogens (primary N) is 1. The molecule has 2 amide bonds.